The first-order valence-corrected chi connectivity index (χ1v) is 9.55. The predicted octanol–water partition coefficient (Wildman–Crippen LogP) is 3.73. The van der Waals surface area contributed by atoms with Gasteiger partial charge in [-0.1, -0.05) is 31.5 Å². The molecule has 1 heterocycles. The zero-order chi connectivity index (χ0) is 20.2. The third-order valence-electron chi connectivity index (χ3n) is 5.49. The van der Waals surface area contributed by atoms with Crippen LogP contribution in [-0.4, -0.2) is 40.3 Å². The summed E-state index contributed by atoms with van der Waals surface area (Å²) in [6.45, 7) is 5.62. The van der Waals surface area contributed by atoms with E-state index < -0.39 is 11.5 Å². The smallest absolute Gasteiger partial charge is 0.195 e. The minimum Gasteiger partial charge on any atom is -0.491 e. The second-order valence-electron chi connectivity index (χ2n) is 7.83. The maximum Gasteiger partial charge on any atom is 0.195 e. The lowest BCUT2D eigenvalue weighted by molar-refractivity contribution is 0.0533. The molecule has 0 bridgehead atoms. The SMILES string of the molecule is Cc1cc2c(cc1OC[C@H](O)CO)C(C)(C)c1[nH]c3cc(Cl)ccc3c1C2=O. The molecule has 1 aliphatic carbocycles. The number of rotatable bonds is 4. The van der Waals surface area contributed by atoms with Gasteiger partial charge in [-0.05, 0) is 42.3 Å². The minimum atomic E-state index is -0.949. The van der Waals surface area contributed by atoms with Gasteiger partial charge in [0.2, 0.25) is 0 Å². The first-order chi connectivity index (χ1) is 13.2. The highest BCUT2D eigenvalue weighted by atomic mass is 35.5. The molecule has 0 amide bonds. The molecule has 0 saturated heterocycles. The molecule has 3 N–H and O–H groups in total. The average molecular weight is 400 g/mol. The van der Waals surface area contributed by atoms with E-state index in [1.807, 2.05) is 31.2 Å². The fourth-order valence-electron chi connectivity index (χ4n) is 3.93. The number of ketones is 1. The number of halogens is 1. The fourth-order valence-corrected chi connectivity index (χ4v) is 4.10. The number of benzene rings is 2. The van der Waals surface area contributed by atoms with Crippen molar-refractivity contribution < 1.29 is 19.7 Å². The number of nitrogens with one attached hydrogen (secondary N) is 1. The summed E-state index contributed by atoms with van der Waals surface area (Å²) in [6.07, 6.45) is -0.949. The number of carbonyl (C=O) groups is 1. The zero-order valence-corrected chi connectivity index (χ0v) is 16.7. The van der Waals surface area contributed by atoms with Crippen molar-refractivity contribution in [2.75, 3.05) is 13.2 Å². The molecule has 1 atom stereocenters. The number of aryl methyl sites for hydroxylation is 1. The fraction of sp³-hybridized carbons (Fsp3) is 0.318. The topological polar surface area (TPSA) is 82.5 Å². The Morgan fingerprint density at radius 2 is 2.00 bits per heavy atom. The van der Waals surface area contributed by atoms with Gasteiger partial charge < -0.3 is 19.9 Å². The van der Waals surface area contributed by atoms with E-state index in [-0.39, 0.29) is 19.0 Å². The van der Waals surface area contributed by atoms with Crippen LogP contribution in [0.1, 0.15) is 46.6 Å². The van der Waals surface area contributed by atoms with Crippen LogP contribution in [0.15, 0.2) is 30.3 Å². The molecule has 3 aromatic rings. The van der Waals surface area contributed by atoms with Crippen LogP contribution in [0.25, 0.3) is 10.9 Å². The van der Waals surface area contributed by atoms with E-state index >= 15 is 0 Å². The summed E-state index contributed by atoms with van der Waals surface area (Å²) in [4.78, 5) is 16.8. The van der Waals surface area contributed by atoms with Gasteiger partial charge in [-0.2, -0.15) is 0 Å². The summed E-state index contributed by atoms with van der Waals surface area (Å²) in [5.74, 6) is 0.567. The van der Waals surface area contributed by atoms with Crippen molar-refractivity contribution in [1.29, 1.82) is 0 Å². The number of fused-ring (bicyclic) bond motifs is 4. The van der Waals surface area contributed by atoms with Gasteiger partial charge in [0.25, 0.3) is 0 Å². The molecule has 6 heteroatoms. The third kappa shape index (κ3) is 2.82. The molecule has 0 spiro atoms. The summed E-state index contributed by atoms with van der Waals surface area (Å²) >= 11 is 6.13. The zero-order valence-electron chi connectivity index (χ0n) is 16.0. The molecule has 4 rings (SSSR count). The Balaban J connectivity index is 1.87. The van der Waals surface area contributed by atoms with Crippen molar-refractivity contribution in [3.63, 3.8) is 0 Å². The number of aliphatic hydroxyl groups excluding tert-OH is 2. The number of carbonyl (C=O) groups excluding carboxylic acids is 1. The predicted molar refractivity (Wildman–Crippen MR) is 109 cm³/mol. The van der Waals surface area contributed by atoms with Crippen LogP contribution in [0, 0.1) is 6.92 Å². The second-order valence-corrected chi connectivity index (χ2v) is 8.27. The Bertz CT molecular complexity index is 1100. The number of hydrogen-bond donors (Lipinski definition) is 3. The van der Waals surface area contributed by atoms with E-state index in [0.29, 0.717) is 21.9 Å². The largest absolute Gasteiger partial charge is 0.491 e. The number of aromatic amines is 1. The summed E-state index contributed by atoms with van der Waals surface area (Å²) in [6, 6.07) is 9.22. The van der Waals surface area contributed by atoms with E-state index in [2.05, 4.69) is 18.8 Å². The number of ether oxygens (including phenoxy) is 1. The third-order valence-corrected chi connectivity index (χ3v) is 5.72. The molecular weight excluding hydrogens is 378 g/mol. The normalized spacial score (nSPS) is 16.0. The Morgan fingerprint density at radius 1 is 1.25 bits per heavy atom. The van der Waals surface area contributed by atoms with Crippen LogP contribution in [-0.2, 0) is 5.41 Å². The quantitative estimate of drug-likeness (QED) is 0.624. The molecule has 0 saturated carbocycles. The monoisotopic (exact) mass is 399 g/mol. The molecule has 28 heavy (non-hydrogen) atoms. The molecule has 0 fully saturated rings. The molecule has 0 radical (unpaired) electrons. The van der Waals surface area contributed by atoms with Crippen LogP contribution in [0.5, 0.6) is 5.75 Å². The van der Waals surface area contributed by atoms with Gasteiger partial charge in [-0.25, -0.2) is 0 Å². The first-order valence-electron chi connectivity index (χ1n) is 9.17. The van der Waals surface area contributed by atoms with Crippen LogP contribution < -0.4 is 4.74 Å². The van der Waals surface area contributed by atoms with Crippen molar-refractivity contribution in [2.45, 2.75) is 32.3 Å². The number of aliphatic hydroxyl groups is 2. The van der Waals surface area contributed by atoms with Gasteiger partial charge in [0, 0.05) is 32.6 Å². The Hall–Kier alpha value is -2.34. The molecule has 1 aliphatic rings. The van der Waals surface area contributed by atoms with E-state index in [9.17, 15) is 9.90 Å². The van der Waals surface area contributed by atoms with E-state index in [0.717, 1.165) is 27.7 Å². The summed E-state index contributed by atoms with van der Waals surface area (Å²) in [7, 11) is 0. The highest BCUT2D eigenvalue weighted by Gasteiger charge is 2.40. The number of H-pyrrole nitrogens is 1. The minimum absolute atomic E-state index is 0.0133. The van der Waals surface area contributed by atoms with Gasteiger partial charge in [0.05, 0.1) is 12.2 Å². The van der Waals surface area contributed by atoms with Gasteiger partial charge >= 0.3 is 0 Å². The van der Waals surface area contributed by atoms with Crippen molar-refractivity contribution in [2.24, 2.45) is 0 Å². The molecular formula is C22H22ClNO4. The first kappa shape index (κ1) is 19.0. The lowest BCUT2D eigenvalue weighted by Gasteiger charge is -2.33. The lowest BCUT2D eigenvalue weighted by atomic mass is 9.71. The van der Waals surface area contributed by atoms with Crippen LogP contribution >= 0.6 is 11.6 Å². The molecule has 1 aromatic heterocycles. The molecule has 5 nitrogen and oxygen atoms in total. The number of hydrogen-bond acceptors (Lipinski definition) is 4. The summed E-state index contributed by atoms with van der Waals surface area (Å²) in [5.41, 5.74) is 4.25. The lowest BCUT2D eigenvalue weighted by Crippen LogP contribution is -2.30. The maximum absolute atomic E-state index is 13.4. The Kier molecular flexibility index (Phi) is 4.49. The average Bonchev–Trinajstić information content (AvgIpc) is 3.04. The van der Waals surface area contributed by atoms with Gasteiger partial charge in [-0.3, -0.25) is 4.79 Å². The van der Waals surface area contributed by atoms with Gasteiger partial charge in [-0.15, -0.1) is 0 Å². The van der Waals surface area contributed by atoms with Crippen molar-refractivity contribution in [1.82, 2.24) is 4.98 Å². The van der Waals surface area contributed by atoms with Gasteiger partial charge in [0.15, 0.2) is 5.78 Å². The summed E-state index contributed by atoms with van der Waals surface area (Å²) < 4.78 is 5.70. The Labute approximate surface area is 167 Å². The van der Waals surface area contributed by atoms with Crippen molar-refractivity contribution in [3.05, 3.63) is 63.3 Å². The van der Waals surface area contributed by atoms with E-state index in [1.54, 1.807) is 6.07 Å². The molecule has 0 unspecified atom stereocenters. The van der Waals surface area contributed by atoms with Crippen molar-refractivity contribution in [3.8, 4) is 5.75 Å². The van der Waals surface area contributed by atoms with Crippen molar-refractivity contribution >= 4 is 28.3 Å². The Morgan fingerprint density at radius 3 is 2.71 bits per heavy atom. The highest BCUT2D eigenvalue weighted by molar-refractivity contribution is 6.31. The summed E-state index contributed by atoms with van der Waals surface area (Å²) in [5, 5.41) is 20.1. The van der Waals surface area contributed by atoms with Crippen LogP contribution in [0.4, 0.5) is 0 Å². The van der Waals surface area contributed by atoms with Gasteiger partial charge in [0.1, 0.15) is 18.5 Å². The van der Waals surface area contributed by atoms with E-state index in [4.69, 9.17) is 21.4 Å². The van der Waals surface area contributed by atoms with Crippen LogP contribution in [0.3, 0.4) is 0 Å². The molecule has 146 valence electrons. The highest BCUT2D eigenvalue weighted by Crippen LogP contribution is 2.45. The molecule has 2 aromatic carbocycles. The standard InChI is InChI=1S/C22H22ClNO4/c1-11-6-15-16(8-18(11)28-10-13(26)9-25)22(2,3)21-19(20(15)27)14-5-4-12(23)7-17(14)24-21/h4-8,13,24-26H,9-10H2,1-3H3/t13-/m1/s1. The maximum atomic E-state index is 13.4. The van der Waals surface area contributed by atoms with E-state index in [1.165, 1.54) is 0 Å². The molecule has 0 aliphatic heterocycles. The second kappa shape index (κ2) is 6.62. The van der Waals surface area contributed by atoms with Crippen LogP contribution in [0.2, 0.25) is 5.02 Å². The number of aromatic nitrogens is 1.